The van der Waals surface area contributed by atoms with Gasteiger partial charge in [0.25, 0.3) is 0 Å². The van der Waals surface area contributed by atoms with Crippen molar-refractivity contribution in [3.8, 4) is 11.5 Å². The summed E-state index contributed by atoms with van der Waals surface area (Å²) in [6.45, 7) is 6.99. The standard InChI is InChI=1S/C27H36N2O6/c1-27(2,3)26(31)35-17-23(28-14-19-6-10-21(32-4)11-7-19)24-16-29(25(30)18-34-24)15-20-8-12-22(33-5)13-9-20/h6-13,23-24,28H,14-18H2,1-5H3/t23-,24-/m0/s1. The third-order valence-electron chi connectivity index (χ3n) is 5.89. The average Bonchev–Trinajstić information content (AvgIpc) is 2.85. The maximum Gasteiger partial charge on any atom is 0.311 e. The van der Waals surface area contributed by atoms with Crippen molar-refractivity contribution >= 4 is 11.9 Å². The monoisotopic (exact) mass is 484 g/mol. The van der Waals surface area contributed by atoms with Crippen LogP contribution in [0.25, 0.3) is 0 Å². The molecule has 0 aliphatic carbocycles. The van der Waals surface area contributed by atoms with E-state index >= 15 is 0 Å². The predicted molar refractivity (Wildman–Crippen MR) is 132 cm³/mol. The Labute approximate surface area is 207 Å². The van der Waals surface area contributed by atoms with Gasteiger partial charge in [-0.25, -0.2) is 0 Å². The topological polar surface area (TPSA) is 86.3 Å². The summed E-state index contributed by atoms with van der Waals surface area (Å²) in [5.41, 5.74) is 1.45. The molecule has 1 heterocycles. The van der Waals surface area contributed by atoms with Crippen LogP contribution in [-0.4, -0.2) is 62.9 Å². The third kappa shape index (κ3) is 7.70. The van der Waals surface area contributed by atoms with Crippen LogP contribution in [0.15, 0.2) is 48.5 Å². The molecule has 35 heavy (non-hydrogen) atoms. The Bertz CT molecular complexity index is 969. The Balaban J connectivity index is 1.69. The van der Waals surface area contributed by atoms with E-state index in [4.69, 9.17) is 18.9 Å². The first kappa shape index (κ1) is 26.5. The minimum atomic E-state index is -0.607. The number of ether oxygens (including phenoxy) is 4. The fourth-order valence-electron chi connectivity index (χ4n) is 3.66. The molecule has 0 spiro atoms. The van der Waals surface area contributed by atoms with Crippen molar-refractivity contribution in [1.82, 2.24) is 10.2 Å². The molecule has 190 valence electrons. The fourth-order valence-corrected chi connectivity index (χ4v) is 3.66. The highest BCUT2D eigenvalue weighted by molar-refractivity contribution is 5.78. The lowest BCUT2D eigenvalue weighted by atomic mass is 9.97. The second kappa shape index (κ2) is 12.0. The lowest BCUT2D eigenvalue weighted by Gasteiger charge is -2.37. The van der Waals surface area contributed by atoms with E-state index in [0.717, 1.165) is 22.6 Å². The Morgan fingerprint density at radius 2 is 1.60 bits per heavy atom. The molecule has 2 aromatic rings. The van der Waals surface area contributed by atoms with Crippen molar-refractivity contribution in [2.75, 3.05) is 34.0 Å². The Morgan fingerprint density at radius 1 is 1.03 bits per heavy atom. The normalized spacial score (nSPS) is 17.1. The summed E-state index contributed by atoms with van der Waals surface area (Å²) in [6, 6.07) is 15.1. The predicted octanol–water partition coefficient (Wildman–Crippen LogP) is 3.18. The molecule has 1 amide bonds. The first-order valence-electron chi connectivity index (χ1n) is 11.8. The first-order chi connectivity index (χ1) is 16.7. The van der Waals surface area contributed by atoms with Crippen molar-refractivity contribution < 1.29 is 28.5 Å². The van der Waals surface area contributed by atoms with E-state index in [1.165, 1.54) is 0 Å². The highest BCUT2D eigenvalue weighted by Gasteiger charge is 2.33. The molecule has 3 rings (SSSR count). The molecule has 1 saturated heterocycles. The van der Waals surface area contributed by atoms with Crippen LogP contribution in [0.2, 0.25) is 0 Å². The summed E-state index contributed by atoms with van der Waals surface area (Å²) in [5.74, 6) is 1.20. The number of carbonyl (C=O) groups excluding carboxylic acids is 2. The van der Waals surface area contributed by atoms with E-state index in [2.05, 4.69) is 5.32 Å². The fraction of sp³-hybridized carbons (Fsp3) is 0.481. The van der Waals surface area contributed by atoms with Crippen LogP contribution < -0.4 is 14.8 Å². The van der Waals surface area contributed by atoms with E-state index in [1.54, 1.807) is 19.1 Å². The van der Waals surface area contributed by atoms with E-state index in [9.17, 15) is 9.59 Å². The summed E-state index contributed by atoms with van der Waals surface area (Å²) >= 11 is 0. The molecule has 8 heteroatoms. The average molecular weight is 485 g/mol. The number of morpholine rings is 1. The number of nitrogens with zero attached hydrogens (tertiary/aromatic N) is 1. The Kier molecular flexibility index (Phi) is 9.12. The van der Waals surface area contributed by atoms with Gasteiger partial charge in [-0.2, -0.15) is 0 Å². The van der Waals surface area contributed by atoms with E-state index in [-0.39, 0.29) is 37.2 Å². The van der Waals surface area contributed by atoms with Crippen molar-refractivity contribution in [1.29, 1.82) is 0 Å². The molecule has 2 atom stereocenters. The van der Waals surface area contributed by atoms with Crippen LogP contribution >= 0.6 is 0 Å². The Hall–Kier alpha value is -3.10. The quantitative estimate of drug-likeness (QED) is 0.519. The number of carbonyl (C=O) groups is 2. The van der Waals surface area contributed by atoms with Gasteiger partial charge in [-0.3, -0.25) is 9.59 Å². The van der Waals surface area contributed by atoms with Crippen molar-refractivity contribution in [2.24, 2.45) is 5.41 Å². The van der Waals surface area contributed by atoms with Gasteiger partial charge in [0.1, 0.15) is 24.7 Å². The second-order valence-electron chi connectivity index (χ2n) is 9.66. The summed E-state index contributed by atoms with van der Waals surface area (Å²) < 4.78 is 22.0. The molecule has 1 fully saturated rings. The van der Waals surface area contributed by atoms with E-state index < -0.39 is 5.41 Å². The van der Waals surface area contributed by atoms with Gasteiger partial charge < -0.3 is 29.2 Å². The minimum absolute atomic E-state index is 0.0191. The minimum Gasteiger partial charge on any atom is -0.497 e. The number of rotatable bonds is 10. The molecular weight excluding hydrogens is 448 g/mol. The molecule has 1 aliphatic rings. The zero-order valence-corrected chi connectivity index (χ0v) is 21.2. The summed E-state index contributed by atoms with van der Waals surface area (Å²) in [4.78, 5) is 26.8. The third-order valence-corrected chi connectivity index (χ3v) is 5.89. The summed E-state index contributed by atoms with van der Waals surface area (Å²) in [6.07, 6.45) is -0.336. The van der Waals surface area contributed by atoms with E-state index in [0.29, 0.717) is 19.6 Å². The van der Waals surface area contributed by atoms with Gasteiger partial charge >= 0.3 is 5.97 Å². The lowest BCUT2D eigenvalue weighted by Crippen LogP contribution is -2.55. The molecule has 0 saturated carbocycles. The van der Waals surface area contributed by atoms with Gasteiger partial charge in [0.15, 0.2) is 0 Å². The molecule has 2 aromatic carbocycles. The summed E-state index contributed by atoms with van der Waals surface area (Å²) in [5, 5.41) is 3.47. The van der Waals surface area contributed by atoms with Gasteiger partial charge in [-0.1, -0.05) is 24.3 Å². The van der Waals surface area contributed by atoms with Crippen molar-refractivity contribution in [3.63, 3.8) is 0 Å². The molecular formula is C27H36N2O6. The highest BCUT2D eigenvalue weighted by Crippen LogP contribution is 2.20. The lowest BCUT2D eigenvalue weighted by molar-refractivity contribution is -0.160. The number of methoxy groups -OCH3 is 2. The van der Waals surface area contributed by atoms with Crippen molar-refractivity contribution in [3.05, 3.63) is 59.7 Å². The molecule has 1 aliphatic heterocycles. The van der Waals surface area contributed by atoms with Gasteiger partial charge in [-0.15, -0.1) is 0 Å². The molecule has 0 bridgehead atoms. The number of amides is 1. The number of benzene rings is 2. The van der Waals surface area contributed by atoms with Gasteiger partial charge in [0.05, 0.1) is 31.8 Å². The molecule has 8 nitrogen and oxygen atoms in total. The summed E-state index contributed by atoms with van der Waals surface area (Å²) in [7, 11) is 3.25. The second-order valence-corrected chi connectivity index (χ2v) is 9.66. The van der Waals surface area contributed by atoms with Crippen LogP contribution in [0.1, 0.15) is 31.9 Å². The van der Waals surface area contributed by atoms with Crippen LogP contribution in [0.5, 0.6) is 11.5 Å². The van der Waals surface area contributed by atoms with Gasteiger partial charge in [-0.05, 0) is 56.2 Å². The molecule has 1 N–H and O–H groups in total. The zero-order chi connectivity index (χ0) is 25.4. The van der Waals surface area contributed by atoms with Crippen molar-refractivity contribution in [2.45, 2.75) is 46.0 Å². The maximum atomic E-state index is 12.6. The number of hydrogen-bond donors (Lipinski definition) is 1. The van der Waals surface area contributed by atoms with Crippen LogP contribution in [0.3, 0.4) is 0 Å². The largest absolute Gasteiger partial charge is 0.497 e. The van der Waals surface area contributed by atoms with Gasteiger partial charge in [0, 0.05) is 19.6 Å². The van der Waals surface area contributed by atoms with Crippen LogP contribution in [-0.2, 0) is 32.2 Å². The van der Waals surface area contributed by atoms with Gasteiger partial charge in [0.2, 0.25) is 5.91 Å². The van der Waals surface area contributed by atoms with E-state index in [1.807, 2.05) is 69.3 Å². The van der Waals surface area contributed by atoms with Crippen LogP contribution in [0.4, 0.5) is 0 Å². The number of esters is 1. The maximum absolute atomic E-state index is 12.6. The smallest absolute Gasteiger partial charge is 0.311 e. The molecule has 0 unspecified atom stereocenters. The zero-order valence-electron chi connectivity index (χ0n) is 21.2. The molecule has 0 radical (unpaired) electrons. The number of hydrogen-bond acceptors (Lipinski definition) is 7. The Morgan fingerprint density at radius 3 is 2.14 bits per heavy atom. The van der Waals surface area contributed by atoms with Crippen LogP contribution in [0, 0.1) is 5.41 Å². The SMILES string of the molecule is COc1ccc(CN[C@@H](COC(=O)C(C)(C)C)[C@@H]2CN(Cc3ccc(OC)cc3)C(=O)CO2)cc1. The first-order valence-corrected chi connectivity index (χ1v) is 11.8. The highest BCUT2D eigenvalue weighted by atomic mass is 16.5. The molecule has 0 aromatic heterocycles. The number of nitrogens with one attached hydrogen (secondary N) is 1.